The fourth-order valence-corrected chi connectivity index (χ4v) is 4.35. The van der Waals surface area contributed by atoms with Gasteiger partial charge in [-0.3, -0.25) is 0 Å². The molecule has 0 saturated heterocycles. The van der Waals surface area contributed by atoms with E-state index in [9.17, 15) is 24.1 Å². The van der Waals surface area contributed by atoms with Gasteiger partial charge in [0, 0.05) is 17.8 Å². The van der Waals surface area contributed by atoms with Gasteiger partial charge < -0.3 is 34.6 Å². The molecule has 0 bridgehead atoms. The normalized spacial score (nSPS) is 13.8. The van der Waals surface area contributed by atoms with Crippen LogP contribution in [0.1, 0.15) is 13.8 Å². The number of benzene rings is 1. The molecule has 12 nitrogen and oxygen atoms in total. The van der Waals surface area contributed by atoms with Crippen molar-refractivity contribution in [3.05, 3.63) is 35.6 Å². The van der Waals surface area contributed by atoms with Gasteiger partial charge in [-0.15, -0.1) is 0 Å². The first-order valence-corrected chi connectivity index (χ1v) is 12.9. The molecule has 3 rings (SSSR count). The van der Waals surface area contributed by atoms with Crippen LogP contribution in [0.25, 0.3) is 11.2 Å². The molecule has 178 valence electrons. The average molecular weight is 517 g/mol. The molecule has 0 amide bonds. The number of nitrogens with one attached hydrogen (secondary N) is 2. The summed E-state index contributed by atoms with van der Waals surface area (Å²) in [4.78, 5) is 52.3. The Hall–Kier alpha value is -2.14. The highest BCUT2D eigenvalue weighted by molar-refractivity contribution is 7.82. The van der Waals surface area contributed by atoms with Crippen molar-refractivity contribution in [3.63, 3.8) is 0 Å². The number of hydrogen-bond donors (Lipinski definition) is 5. The summed E-state index contributed by atoms with van der Waals surface area (Å²) in [5, 5.41) is 5.61. The number of aryl methyl sites for hydroxylation is 1. The minimum Gasteiger partial charge on any atom is -0.601 e. The molecule has 2 unspecified atom stereocenters. The third-order valence-electron chi connectivity index (χ3n) is 4.57. The number of nitrogens with zero attached hydrogens (tertiary/aromatic N) is 4. The van der Waals surface area contributed by atoms with E-state index < -0.39 is 26.9 Å². The van der Waals surface area contributed by atoms with E-state index in [4.69, 9.17) is 16.3 Å². The van der Waals surface area contributed by atoms with E-state index >= 15 is 0 Å². The largest absolute Gasteiger partial charge is 0.601 e. The molecule has 3 aromatic rings. The Bertz CT molecular complexity index is 1230. The highest BCUT2D eigenvalue weighted by Crippen LogP contribution is 2.42. The monoisotopic (exact) mass is 516 g/mol. The maximum Gasteiger partial charge on any atom is 0.425 e. The number of aromatic nitrogens is 4. The number of halogens is 1. The van der Waals surface area contributed by atoms with Crippen molar-refractivity contribution in [2.24, 2.45) is 13.0 Å². The number of hydrogen-bond acceptors (Lipinski definition) is 9. The molecule has 0 spiro atoms. The number of rotatable bonds is 9. The number of fused-ring (bicyclic) bond motifs is 1. The summed E-state index contributed by atoms with van der Waals surface area (Å²) in [6, 6.07) is 6.52. The second-order valence-corrected chi connectivity index (χ2v) is 10.7. The van der Waals surface area contributed by atoms with E-state index in [2.05, 4.69) is 25.6 Å². The summed E-state index contributed by atoms with van der Waals surface area (Å²) in [6.07, 6.45) is 1.59. The van der Waals surface area contributed by atoms with Crippen LogP contribution in [-0.2, 0) is 16.3 Å². The van der Waals surface area contributed by atoms with Gasteiger partial charge in [0.2, 0.25) is 5.95 Å². The van der Waals surface area contributed by atoms with Gasteiger partial charge in [-0.25, -0.2) is 9.55 Å². The van der Waals surface area contributed by atoms with Gasteiger partial charge in [0.15, 0.2) is 17.0 Å². The third kappa shape index (κ3) is 6.47. The predicted octanol–water partition coefficient (Wildman–Crippen LogP) is 2.14. The lowest BCUT2D eigenvalue weighted by molar-refractivity contribution is -0.168. The van der Waals surface area contributed by atoms with Gasteiger partial charge >= 0.3 is 12.8 Å². The molecule has 0 aliphatic heterocycles. The molecular weight excluding hydrogens is 494 g/mol. The first-order chi connectivity index (χ1) is 15.5. The van der Waals surface area contributed by atoms with E-state index in [-0.39, 0.29) is 18.5 Å². The van der Waals surface area contributed by atoms with Gasteiger partial charge in [0.05, 0.1) is 19.0 Å². The zero-order valence-corrected chi connectivity index (χ0v) is 20.4. The Labute approximate surface area is 195 Å². The van der Waals surface area contributed by atoms with E-state index in [0.717, 1.165) is 0 Å². The molecule has 0 fully saturated rings. The molecule has 33 heavy (non-hydrogen) atoms. The zero-order chi connectivity index (χ0) is 24.3. The maximum absolute atomic E-state index is 11.4. The average Bonchev–Trinajstić information content (AvgIpc) is 3.07. The summed E-state index contributed by atoms with van der Waals surface area (Å²) < 4.78 is 18.2. The molecule has 0 aliphatic carbocycles. The molecule has 5 N–H and O–H groups in total. The summed E-state index contributed by atoms with van der Waals surface area (Å²) in [5.41, 5.74) is 1.74. The van der Waals surface area contributed by atoms with Crippen LogP contribution in [0.3, 0.4) is 0 Å². The minimum absolute atomic E-state index is 0.116. The van der Waals surface area contributed by atoms with Gasteiger partial charge in [0.1, 0.15) is 0 Å². The molecule has 0 radical (unpaired) electrons. The number of anilines is 3. The van der Waals surface area contributed by atoms with Crippen LogP contribution in [0, 0.1) is 5.92 Å². The van der Waals surface area contributed by atoms with Crippen molar-refractivity contribution in [1.29, 1.82) is 0 Å². The first kappa shape index (κ1) is 25.5. The van der Waals surface area contributed by atoms with Gasteiger partial charge in [-0.2, -0.15) is 14.9 Å². The Kier molecular flexibility index (Phi) is 8.04. The smallest absolute Gasteiger partial charge is 0.425 e. The lowest BCUT2D eigenvalue weighted by Crippen LogP contribution is -2.33. The van der Waals surface area contributed by atoms with Crippen molar-refractivity contribution in [2.75, 3.05) is 17.2 Å². The van der Waals surface area contributed by atoms with Crippen LogP contribution < -0.4 is 15.5 Å². The zero-order valence-electron chi connectivity index (χ0n) is 17.9. The molecule has 0 saturated carbocycles. The molecule has 1 aromatic carbocycles. The topological polar surface area (TPSA) is 178 Å². The molecule has 15 heteroatoms. The minimum atomic E-state index is -5.01. The van der Waals surface area contributed by atoms with E-state index in [1.165, 1.54) is 0 Å². The third-order valence-corrected chi connectivity index (χ3v) is 7.18. The van der Waals surface area contributed by atoms with Gasteiger partial charge in [-0.1, -0.05) is 31.5 Å². The van der Waals surface area contributed by atoms with Gasteiger partial charge in [0.25, 0.3) is 8.00 Å². The number of ether oxygens (including phenoxy) is 1. The standard InChI is InChI=1S/C18H23ClN6O6P2/c1-10(2)13(8-31-18(32(26)27)33(28,29)30)22-17-23-15(14-16(24-17)25(3)9-20-14)21-12-6-4-5-11(19)7-12/h4-7,9-10,13H,8H2,1-3H3,(H,26,27)(H2,28,29,30)(H2,21,22,23,24). The van der Waals surface area contributed by atoms with Crippen molar-refractivity contribution in [2.45, 2.75) is 19.9 Å². The Balaban J connectivity index is 1.90. The van der Waals surface area contributed by atoms with E-state index in [0.29, 0.717) is 27.7 Å². The quantitative estimate of drug-likeness (QED) is 0.263. The van der Waals surface area contributed by atoms with Crippen LogP contribution in [-0.4, -0.2) is 52.1 Å². The van der Waals surface area contributed by atoms with Crippen LogP contribution in [0.5, 0.6) is 0 Å². The van der Waals surface area contributed by atoms with Gasteiger partial charge in [-0.05, 0) is 24.1 Å². The lowest BCUT2D eigenvalue weighted by Gasteiger charge is -2.22. The van der Waals surface area contributed by atoms with Crippen molar-refractivity contribution in [3.8, 4) is 0 Å². The second kappa shape index (κ2) is 10.4. The number of imidazole rings is 1. The van der Waals surface area contributed by atoms with Crippen LogP contribution in [0.4, 0.5) is 17.5 Å². The van der Waals surface area contributed by atoms with E-state index in [1.54, 1.807) is 36.1 Å². The van der Waals surface area contributed by atoms with Crippen LogP contribution >= 0.6 is 27.2 Å². The molecular formula is C18H23ClN6O6P2. The molecule has 0 aliphatic rings. The highest BCUT2D eigenvalue weighted by Gasteiger charge is 2.34. The van der Waals surface area contributed by atoms with Crippen LogP contribution in [0.15, 0.2) is 30.6 Å². The van der Waals surface area contributed by atoms with Crippen LogP contribution in [0.2, 0.25) is 5.02 Å². The summed E-state index contributed by atoms with van der Waals surface area (Å²) in [6.45, 7) is 3.37. The first-order valence-electron chi connectivity index (χ1n) is 9.66. The molecule has 2 atom stereocenters. The lowest BCUT2D eigenvalue weighted by atomic mass is 10.1. The second-order valence-electron chi connectivity index (χ2n) is 7.46. The Morgan fingerprint density at radius 3 is 2.70 bits per heavy atom. The maximum atomic E-state index is 11.4. The van der Waals surface area contributed by atoms with E-state index in [1.807, 2.05) is 19.9 Å². The van der Waals surface area contributed by atoms with Crippen molar-refractivity contribution < 1.29 is 28.9 Å². The fraction of sp³-hybridized carbons (Fsp3) is 0.333. The highest BCUT2D eigenvalue weighted by atomic mass is 35.5. The summed E-state index contributed by atoms with van der Waals surface area (Å²) in [7, 11) is -6.57. The van der Waals surface area contributed by atoms with Crippen molar-refractivity contribution >= 4 is 61.0 Å². The molecule has 2 aromatic heterocycles. The Morgan fingerprint density at radius 1 is 1.36 bits per heavy atom. The summed E-state index contributed by atoms with van der Waals surface area (Å²) in [5.74, 6) is 0.494. The van der Waals surface area contributed by atoms with Crippen molar-refractivity contribution in [1.82, 2.24) is 19.5 Å². The molecule has 2 heterocycles. The fourth-order valence-electron chi connectivity index (χ4n) is 2.84. The SMILES string of the molecule is CC(C)C(COC(=[P+]([O-])O)P(=O)(O)O)Nc1nc(Nc2cccc(Cl)c2)c2ncn(C)c2n1. The Morgan fingerprint density at radius 2 is 2.09 bits per heavy atom. The predicted molar refractivity (Wildman–Crippen MR) is 125 cm³/mol. The summed E-state index contributed by atoms with van der Waals surface area (Å²) >= 11 is 6.07.